The zero-order chi connectivity index (χ0) is 31.8. The van der Waals surface area contributed by atoms with Gasteiger partial charge in [-0.1, -0.05) is 24.7 Å². The molecule has 3 fully saturated rings. The van der Waals surface area contributed by atoms with E-state index in [4.69, 9.17) is 4.98 Å². The molecule has 3 aliphatic rings. The van der Waals surface area contributed by atoms with Gasteiger partial charge < -0.3 is 20.4 Å². The lowest BCUT2D eigenvalue weighted by Gasteiger charge is -2.34. The molecule has 1 saturated carbocycles. The minimum Gasteiger partial charge on any atom is -0.382 e. The zero-order valence-electron chi connectivity index (χ0n) is 26.8. The van der Waals surface area contributed by atoms with Crippen molar-refractivity contribution in [2.45, 2.75) is 71.4 Å². The Kier molecular flexibility index (Phi) is 8.51. The lowest BCUT2D eigenvalue weighted by atomic mass is 9.94. The number of likely N-dealkylation sites (tertiary alicyclic amines) is 1. The molecule has 12 heteroatoms. The number of pyridine rings is 1. The van der Waals surface area contributed by atoms with Crippen molar-refractivity contribution in [1.29, 1.82) is 5.26 Å². The van der Waals surface area contributed by atoms with Crippen molar-refractivity contribution >= 4 is 33.7 Å². The van der Waals surface area contributed by atoms with Crippen LogP contribution in [0.4, 0.5) is 15.6 Å². The van der Waals surface area contributed by atoms with E-state index in [1.54, 1.807) is 17.5 Å². The molecule has 2 amide bonds. The third kappa shape index (κ3) is 6.12. The lowest BCUT2D eigenvalue weighted by molar-refractivity contribution is 0.163. The van der Waals surface area contributed by atoms with Gasteiger partial charge in [0.2, 0.25) is 5.13 Å². The van der Waals surface area contributed by atoms with Crippen LogP contribution >= 0.6 is 11.3 Å². The van der Waals surface area contributed by atoms with E-state index >= 15 is 0 Å². The van der Waals surface area contributed by atoms with E-state index < -0.39 is 0 Å². The molecule has 0 radical (unpaired) electrons. The predicted octanol–water partition coefficient (Wildman–Crippen LogP) is 6.04. The zero-order valence-corrected chi connectivity index (χ0v) is 27.6. The molecule has 6 heterocycles. The number of aromatic nitrogens is 5. The molecule has 4 aromatic rings. The van der Waals surface area contributed by atoms with Crippen LogP contribution in [0.5, 0.6) is 0 Å². The van der Waals surface area contributed by atoms with Gasteiger partial charge in [0, 0.05) is 50.1 Å². The number of nitrogens with zero attached hydrogens (tertiary/aromatic N) is 8. The summed E-state index contributed by atoms with van der Waals surface area (Å²) >= 11 is 1.60. The maximum atomic E-state index is 13.2. The fourth-order valence-corrected chi connectivity index (χ4v) is 8.34. The molecular formula is C34H42N10OS. The van der Waals surface area contributed by atoms with Gasteiger partial charge in [-0.15, -0.1) is 10.2 Å². The summed E-state index contributed by atoms with van der Waals surface area (Å²) in [6.07, 6.45) is 10.2. The maximum Gasteiger partial charge on any atom is 0.317 e. The van der Waals surface area contributed by atoms with Gasteiger partial charge in [-0.05, 0) is 88.0 Å². The summed E-state index contributed by atoms with van der Waals surface area (Å²) in [4.78, 5) is 22.4. The van der Waals surface area contributed by atoms with Crippen molar-refractivity contribution in [3.05, 3.63) is 42.2 Å². The van der Waals surface area contributed by atoms with E-state index in [-0.39, 0.29) is 18.1 Å². The topological polar surface area (TPSA) is 127 Å². The third-order valence-corrected chi connectivity index (χ3v) is 11.0. The van der Waals surface area contributed by atoms with E-state index in [1.807, 2.05) is 39.9 Å². The fourth-order valence-electron chi connectivity index (χ4n) is 7.44. The number of nitriles is 1. The molecule has 2 bridgehead atoms. The summed E-state index contributed by atoms with van der Waals surface area (Å²) in [5.74, 6) is 1.79. The smallest absolute Gasteiger partial charge is 0.317 e. The minimum atomic E-state index is 0.118. The van der Waals surface area contributed by atoms with Crippen LogP contribution in [-0.2, 0) is 0 Å². The summed E-state index contributed by atoms with van der Waals surface area (Å²) in [5.41, 5.74) is 4.84. The number of hydrogen-bond acceptors (Lipinski definition) is 9. The molecule has 46 heavy (non-hydrogen) atoms. The minimum absolute atomic E-state index is 0.118. The van der Waals surface area contributed by atoms with Crippen LogP contribution in [0.2, 0.25) is 0 Å². The number of piperidine rings is 1. The highest BCUT2D eigenvalue weighted by Crippen LogP contribution is 2.41. The van der Waals surface area contributed by atoms with E-state index in [0.717, 1.165) is 102 Å². The highest BCUT2D eigenvalue weighted by molar-refractivity contribution is 7.18. The molecular weight excluding hydrogens is 597 g/mol. The van der Waals surface area contributed by atoms with Crippen LogP contribution in [0.1, 0.15) is 64.9 Å². The quantitative estimate of drug-likeness (QED) is 0.251. The number of nitrogens with one attached hydrogen (secondary N) is 2. The molecule has 7 rings (SSSR count). The average Bonchev–Trinajstić information content (AvgIpc) is 3.77. The summed E-state index contributed by atoms with van der Waals surface area (Å²) in [6.45, 7) is 10.1. The monoisotopic (exact) mass is 638 g/mol. The van der Waals surface area contributed by atoms with Crippen LogP contribution in [0.25, 0.3) is 27.5 Å². The van der Waals surface area contributed by atoms with Crippen molar-refractivity contribution in [3.8, 4) is 28.0 Å². The second-order valence-corrected chi connectivity index (χ2v) is 14.4. The Labute approximate surface area is 274 Å². The number of rotatable bonds is 7. The van der Waals surface area contributed by atoms with E-state index in [2.05, 4.69) is 57.7 Å². The van der Waals surface area contributed by atoms with Gasteiger partial charge in [0.05, 0.1) is 34.2 Å². The van der Waals surface area contributed by atoms with E-state index in [1.165, 1.54) is 6.42 Å². The summed E-state index contributed by atoms with van der Waals surface area (Å²) < 4.78 is 1.81. The lowest BCUT2D eigenvalue weighted by Crippen LogP contribution is -2.50. The molecule has 1 unspecified atom stereocenters. The SMILES string of the molecule is CCC1CCN(C(=O)N[C@H]2CC3CCN(c4nnc(-c5cnc(-c6ccc7cc(C#N)cnn67)cc5NC(C)C)s4)C[C@H]2C3)CC1. The van der Waals surface area contributed by atoms with Crippen molar-refractivity contribution in [1.82, 2.24) is 35.0 Å². The predicted molar refractivity (Wildman–Crippen MR) is 181 cm³/mol. The normalized spacial score (nSPS) is 21.8. The second kappa shape index (κ2) is 12.9. The standard InChI is InChI=1S/C34H42N10OS/c1-4-22-7-10-42(11-8-22)33(45)39-28-15-23-9-12-43(20-25(28)13-23)34-41-40-32(46-34)27-19-36-30(16-29(27)38-21(2)3)31-6-5-26-14-24(17-35)18-37-44(26)31/h5-6,14,16,18-19,21-23,25,28H,4,7-13,15,20H2,1-3H3,(H,36,38)(H,39,45)/t23?,25-,28+/m1/s1. The number of fused-ring (bicyclic) bond motifs is 3. The van der Waals surface area contributed by atoms with Crippen LogP contribution in [0.15, 0.2) is 36.7 Å². The Bertz CT molecular complexity index is 1750. The second-order valence-electron chi connectivity index (χ2n) is 13.4. The largest absolute Gasteiger partial charge is 0.382 e. The fraction of sp³-hybridized carbons (Fsp3) is 0.529. The van der Waals surface area contributed by atoms with E-state index in [9.17, 15) is 10.1 Å². The highest BCUT2D eigenvalue weighted by Gasteiger charge is 2.40. The van der Waals surface area contributed by atoms with Crippen molar-refractivity contribution < 1.29 is 4.79 Å². The van der Waals surface area contributed by atoms with Gasteiger partial charge in [0.25, 0.3) is 0 Å². The Hall–Kier alpha value is -4.24. The summed E-state index contributed by atoms with van der Waals surface area (Å²) in [7, 11) is 0. The Morgan fingerprint density at radius 3 is 2.74 bits per heavy atom. The number of hydrogen-bond donors (Lipinski definition) is 2. The van der Waals surface area contributed by atoms with Crippen LogP contribution < -0.4 is 15.5 Å². The first-order valence-corrected chi connectivity index (χ1v) is 17.5. The number of urea groups is 1. The number of carbonyl (C=O) groups is 1. The number of anilines is 2. The Morgan fingerprint density at radius 1 is 1.11 bits per heavy atom. The van der Waals surface area contributed by atoms with Crippen LogP contribution in [-0.4, -0.2) is 74.0 Å². The molecule has 0 spiro atoms. The molecule has 3 atom stereocenters. The van der Waals surface area contributed by atoms with Gasteiger partial charge in [-0.25, -0.2) is 9.31 Å². The van der Waals surface area contributed by atoms with Crippen molar-refractivity contribution in [2.24, 2.45) is 17.8 Å². The molecule has 2 saturated heterocycles. The Balaban J connectivity index is 1.08. The van der Waals surface area contributed by atoms with Gasteiger partial charge in [0.15, 0.2) is 5.01 Å². The maximum absolute atomic E-state index is 13.2. The first-order chi connectivity index (χ1) is 22.4. The van der Waals surface area contributed by atoms with Gasteiger partial charge in [0.1, 0.15) is 6.07 Å². The summed E-state index contributed by atoms with van der Waals surface area (Å²) in [5, 5.41) is 31.8. The number of carbonyl (C=O) groups excluding carboxylic acids is 1. The van der Waals surface area contributed by atoms with Crippen molar-refractivity contribution in [3.63, 3.8) is 0 Å². The highest BCUT2D eigenvalue weighted by atomic mass is 32.1. The van der Waals surface area contributed by atoms with Crippen LogP contribution in [0.3, 0.4) is 0 Å². The molecule has 0 aromatic carbocycles. The Morgan fingerprint density at radius 2 is 1.96 bits per heavy atom. The molecule has 240 valence electrons. The third-order valence-electron chi connectivity index (χ3n) is 10.00. The molecule has 11 nitrogen and oxygen atoms in total. The van der Waals surface area contributed by atoms with Gasteiger partial charge >= 0.3 is 6.03 Å². The molecule has 2 N–H and O–H groups in total. The molecule has 2 aliphatic heterocycles. The first-order valence-electron chi connectivity index (χ1n) is 16.7. The van der Waals surface area contributed by atoms with Gasteiger partial charge in [-0.3, -0.25) is 4.98 Å². The molecule has 1 aliphatic carbocycles. The van der Waals surface area contributed by atoms with Crippen LogP contribution in [0, 0.1) is 29.1 Å². The van der Waals surface area contributed by atoms with E-state index in [0.29, 0.717) is 17.4 Å². The first kappa shape index (κ1) is 30.4. The van der Waals surface area contributed by atoms with Crippen molar-refractivity contribution in [2.75, 3.05) is 36.4 Å². The number of amides is 2. The summed E-state index contributed by atoms with van der Waals surface area (Å²) in [6, 6.07) is 10.5. The average molecular weight is 639 g/mol. The van der Waals surface area contributed by atoms with Gasteiger partial charge in [-0.2, -0.15) is 10.4 Å². The molecule has 4 aromatic heterocycles.